The molecule has 4 nitrogen and oxygen atoms in total. The fourth-order valence-electron chi connectivity index (χ4n) is 3.60. The zero-order chi connectivity index (χ0) is 18.0. The van der Waals surface area contributed by atoms with Gasteiger partial charge in [-0.3, -0.25) is 4.79 Å². The van der Waals surface area contributed by atoms with Crippen molar-refractivity contribution in [2.75, 3.05) is 0 Å². The summed E-state index contributed by atoms with van der Waals surface area (Å²) in [7, 11) is 0. The summed E-state index contributed by atoms with van der Waals surface area (Å²) >= 11 is 3.39. The van der Waals surface area contributed by atoms with E-state index in [0.29, 0.717) is 23.3 Å². The molecule has 1 aliphatic carbocycles. The first kappa shape index (κ1) is 19.2. The van der Waals surface area contributed by atoms with Crippen molar-refractivity contribution in [2.45, 2.75) is 66.0 Å². The van der Waals surface area contributed by atoms with E-state index in [0.717, 1.165) is 17.3 Å². The third-order valence-electron chi connectivity index (χ3n) is 5.18. The monoisotopic (exact) mass is 397 g/mol. The number of pyridine rings is 1. The highest BCUT2D eigenvalue weighted by Gasteiger charge is 2.34. The summed E-state index contributed by atoms with van der Waals surface area (Å²) in [6, 6.07) is 1.13. The Morgan fingerprint density at radius 2 is 2.00 bits per heavy atom. The lowest BCUT2D eigenvalue weighted by atomic mass is 9.75. The Bertz CT molecular complexity index is 653. The van der Waals surface area contributed by atoms with Gasteiger partial charge in [0.2, 0.25) is 0 Å². The smallest absolute Gasteiger partial charge is 0.329 e. The highest BCUT2D eigenvalue weighted by atomic mass is 79.9. The third kappa shape index (κ3) is 4.29. The predicted molar refractivity (Wildman–Crippen MR) is 99.1 cm³/mol. The molecule has 0 N–H and O–H groups in total. The second-order valence-electron chi connectivity index (χ2n) is 7.53. The molecular weight excluding hydrogens is 370 g/mol. The molecule has 0 aromatic carbocycles. The van der Waals surface area contributed by atoms with Crippen LogP contribution in [0, 0.1) is 24.7 Å². The van der Waals surface area contributed by atoms with E-state index in [1.165, 1.54) is 11.0 Å². The summed E-state index contributed by atoms with van der Waals surface area (Å²) in [6.07, 6.45) is 4.81. The lowest BCUT2D eigenvalue weighted by Gasteiger charge is -2.37. The Hall–Kier alpha value is -1.10. The molecule has 1 saturated carbocycles. The number of aromatic nitrogens is 1. The van der Waals surface area contributed by atoms with Gasteiger partial charge in [0.05, 0.1) is 0 Å². The molecule has 1 fully saturated rings. The molecule has 4 unspecified atom stereocenters. The summed E-state index contributed by atoms with van der Waals surface area (Å²) in [5, 5.41) is 0. The zero-order valence-electron chi connectivity index (χ0n) is 15.2. The van der Waals surface area contributed by atoms with Crippen molar-refractivity contribution in [1.82, 2.24) is 4.57 Å². The number of aryl methyl sites for hydroxylation is 1. The molecule has 0 spiro atoms. The molecule has 134 valence electrons. The number of hydrogen-bond donors (Lipinski definition) is 0. The van der Waals surface area contributed by atoms with Gasteiger partial charge in [-0.15, -0.1) is 0 Å². The molecule has 1 heterocycles. The molecule has 2 rings (SSSR count). The van der Waals surface area contributed by atoms with Gasteiger partial charge in [0, 0.05) is 16.2 Å². The van der Waals surface area contributed by atoms with E-state index in [9.17, 15) is 9.59 Å². The summed E-state index contributed by atoms with van der Waals surface area (Å²) in [5.74, 6) is 1.14. The normalized spacial score (nSPS) is 25.5. The van der Waals surface area contributed by atoms with Crippen LogP contribution < -0.4 is 5.56 Å². The van der Waals surface area contributed by atoms with Gasteiger partial charge in [-0.2, -0.15) is 0 Å². The first-order valence-corrected chi connectivity index (χ1v) is 9.58. The van der Waals surface area contributed by atoms with Crippen molar-refractivity contribution in [3.63, 3.8) is 0 Å². The molecule has 0 aliphatic heterocycles. The average Bonchev–Trinajstić information content (AvgIpc) is 2.49. The molecule has 0 bridgehead atoms. The molecule has 1 aliphatic rings. The van der Waals surface area contributed by atoms with Crippen LogP contribution in [0.1, 0.15) is 58.6 Å². The van der Waals surface area contributed by atoms with Gasteiger partial charge in [0.25, 0.3) is 5.56 Å². The van der Waals surface area contributed by atoms with Crippen LogP contribution in [0.4, 0.5) is 0 Å². The number of esters is 1. The standard InChI is InChI=1S/C19H28BrNO3/c1-11(2)16-7-6-12(3)8-17(16)24-19(23)14(5)21-10-15(20)9-13(4)18(21)22/h9-12,14,16-17H,6-8H2,1-5H3. The lowest BCUT2D eigenvalue weighted by molar-refractivity contribution is -0.159. The van der Waals surface area contributed by atoms with E-state index in [1.807, 2.05) is 0 Å². The molecule has 0 radical (unpaired) electrons. The quantitative estimate of drug-likeness (QED) is 0.703. The molecule has 24 heavy (non-hydrogen) atoms. The maximum Gasteiger partial charge on any atom is 0.329 e. The minimum Gasteiger partial charge on any atom is -0.461 e. The number of hydrogen-bond acceptors (Lipinski definition) is 3. The van der Waals surface area contributed by atoms with Gasteiger partial charge >= 0.3 is 5.97 Å². The van der Waals surface area contributed by atoms with Gasteiger partial charge in [0.15, 0.2) is 0 Å². The average molecular weight is 398 g/mol. The van der Waals surface area contributed by atoms with E-state index in [1.54, 1.807) is 26.1 Å². The SMILES string of the molecule is Cc1cc(Br)cn(C(C)C(=O)OC2CC(C)CCC2C(C)C)c1=O. The van der Waals surface area contributed by atoms with Crippen LogP contribution in [0.25, 0.3) is 0 Å². The topological polar surface area (TPSA) is 48.3 Å². The summed E-state index contributed by atoms with van der Waals surface area (Å²) in [4.78, 5) is 25.0. The Labute approximate surface area is 152 Å². The Morgan fingerprint density at radius 3 is 2.62 bits per heavy atom. The van der Waals surface area contributed by atoms with E-state index in [4.69, 9.17) is 4.74 Å². The van der Waals surface area contributed by atoms with E-state index < -0.39 is 6.04 Å². The molecular formula is C19H28BrNO3. The molecule has 4 atom stereocenters. The van der Waals surface area contributed by atoms with Crippen LogP contribution in [-0.2, 0) is 9.53 Å². The van der Waals surface area contributed by atoms with E-state index >= 15 is 0 Å². The minimum atomic E-state index is -0.626. The van der Waals surface area contributed by atoms with Gasteiger partial charge in [-0.1, -0.05) is 27.2 Å². The Kier molecular flexibility index (Phi) is 6.29. The number of carbonyl (C=O) groups is 1. The Morgan fingerprint density at radius 1 is 1.33 bits per heavy atom. The largest absolute Gasteiger partial charge is 0.461 e. The number of carbonyl (C=O) groups excluding carboxylic acids is 1. The lowest BCUT2D eigenvalue weighted by Crippen LogP contribution is -2.38. The summed E-state index contributed by atoms with van der Waals surface area (Å²) in [5.41, 5.74) is 0.454. The fourth-order valence-corrected chi connectivity index (χ4v) is 4.16. The molecule has 0 saturated heterocycles. The first-order valence-electron chi connectivity index (χ1n) is 8.79. The first-order chi connectivity index (χ1) is 11.2. The van der Waals surface area contributed by atoms with Crippen LogP contribution >= 0.6 is 15.9 Å². The van der Waals surface area contributed by atoms with Crippen LogP contribution in [0.2, 0.25) is 0 Å². The second kappa shape index (κ2) is 7.85. The number of halogens is 1. The summed E-state index contributed by atoms with van der Waals surface area (Å²) < 4.78 is 8.11. The minimum absolute atomic E-state index is 0.0485. The van der Waals surface area contributed by atoms with Crippen molar-refractivity contribution in [1.29, 1.82) is 0 Å². The van der Waals surface area contributed by atoms with Gasteiger partial charge in [-0.05, 0) is 66.4 Å². The van der Waals surface area contributed by atoms with E-state index in [-0.39, 0.29) is 17.6 Å². The predicted octanol–water partition coefficient (Wildman–Crippen LogP) is 4.48. The van der Waals surface area contributed by atoms with Gasteiger partial charge in [-0.25, -0.2) is 4.79 Å². The van der Waals surface area contributed by atoms with Crippen LogP contribution in [0.3, 0.4) is 0 Å². The Balaban J connectivity index is 2.17. The molecule has 0 amide bonds. The van der Waals surface area contributed by atoms with Gasteiger partial charge < -0.3 is 9.30 Å². The maximum absolute atomic E-state index is 12.7. The second-order valence-corrected chi connectivity index (χ2v) is 8.45. The maximum atomic E-state index is 12.7. The molecule has 5 heteroatoms. The fraction of sp³-hybridized carbons (Fsp3) is 0.684. The van der Waals surface area contributed by atoms with E-state index in [2.05, 4.69) is 36.7 Å². The van der Waals surface area contributed by atoms with Crippen molar-refractivity contribution in [3.05, 3.63) is 32.7 Å². The van der Waals surface area contributed by atoms with Crippen LogP contribution in [-0.4, -0.2) is 16.6 Å². The third-order valence-corrected chi connectivity index (χ3v) is 5.61. The van der Waals surface area contributed by atoms with Gasteiger partial charge in [0.1, 0.15) is 12.1 Å². The number of rotatable bonds is 4. The van der Waals surface area contributed by atoms with Crippen molar-refractivity contribution >= 4 is 21.9 Å². The number of ether oxygens (including phenoxy) is 1. The molecule has 1 aromatic rings. The number of nitrogens with zero attached hydrogens (tertiary/aromatic N) is 1. The van der Waals surface area contributed by atoms with Crippen molar-refractivity contribution < 1.29 is 9.53 Å². The zero-order valence-corrected chi connectivity index (χ0v) is 16.8. The highest BCUT2D eigenvalue weighted by Crippen LogP contribution is 2.35. The highest BCUT2D eigenvalue weighted by molar-refractivity contribution is 9.10. The summed E-state index contributed by atoms with van der Waals surface area (Å²) in [6.45, 7) is 10.1. The van der Waals surface area contributed by atoms with Crippen LogP contribution in [0.15, 0.2) is 21.5 Å². The molecule has 1 aromatic heterocycles. The van der Waals surface area contributed by atoms with Crippen molar-refractivity contribution in [2.24, 2.45) is 17.8 Å². The van der Waals surface area contributed by atoms with Crippen LogP contribution in [0.5, 0.6) is 0 Å². The van der Waals surface area contributed by atoms with Crippen molar-refractivity contribution in [3.8, 4) is 0 Å².